The van der Waals surface area contributed by atoms with Crippen molar-refractivity contribution in [3.05, 3.63) is 54.1 Å². The molecular weight excluding hydrogens is 315 g/mol. The van der Waals surface area contributed by atoms with Crippen LogP contribution in [0.25, 0.3) is 0 Å². The lowest BCUT2D eigenvalue weighted by Gasteiger charge is -2.18. The summed E-state index contributed by atoms with van der Waals surface area (Å²) in [6.07, 6.45) is 0. The molecule has 6 heteroatoms. The molecule has 0 bridgehead atoms. The highest BCUT2D eigenvalue weighted by molar-refractivity contribution is 8.00. The van der Waals surface area contributed by atoms with Gasteiger partial charge in [-0.25, -0.2) is 0 Å². The number of para-hydroxylation sites is 1. The Balaban J connectivity index is 1.83. The van der Waals surface area contributed by atoms with Gasteiger partial charge in [0.15, 0.2) is 0 Å². The number of thioether (sulfide) groups is 2. The molecule has 1 unspecified atom stereocenters. The molecule has 1 N–H and O–H groups in total. The fourth-order valence-corrected chi connectivity index (χ4v) is 4.06. The van der Waals surface area contributed by atoms with Crippen LogP contribution in [0, 0.1) is 0 Å². The third-order valence-electron chi connectivity index (χ3n) is 3.14. The highest BCUT2D eigenvalue weighted by atomic mass is 32.2. The van der Waals surface area contributed by atoms with Gasteiger partial charge in [-0.3, -0.25) is 0 Å². The molecule has 0 amide bonds. The van der Waals surface area contributed by atoms with E-state index in [1.54, 1.807) is 30.0 Å². The number of hydrogen-bond donors (Lipinski definition) is 1. The Morgan fingerprint density at radius 2 is 1.76 bits per heavy atom. The van der Waals surface area contributed by atoms with Crippen molar-refractivity contribution in [2.24, 2.45) is 0 Å². The Kier molecular flexibility index (Phi) is 4.08. The van der Waals surface area contributed by atoms with Crippen molar-refractivity contribution < 1.29 is 13.2 Å². The zero-order valence-electron chi connectivity index (χ0n) is 10.9. The maximum atomic E-state index is 12.6. The first kappa shape index (κ1) is 14.7. The summed E-state index contributed by atoms with van der Waals surface area (Å²) in [5, 5.41) is 3.25. The lowest BCUT2D eigenvalue weighted by Crippen LogP contribution is -2.11. The molecule has 0 aromatic heterocycles. The molecule has 0 aliphatic carbocycles. The monoisotopic (exact) mass is 327 g/mol. The van der Waals surface area contributed by atoms with Crippen LogP contribution < -0.4 is 5.32 Å². The van der Waals surface area contributed by atoms with Gasteiger partial charge >= 0.3 is 5.51 Å². The number of halogens is 3. The first-order valence-electron chi connectivity index (χ1n) is 6.36. The largest absolute Gasteiger partial charge is 0.446 e. The summed E-state index contributed by atoms with van der Waals surface area (Å²) in [4.78, 5) is 1.40. The predicted octanol–water partition coefficient (Wildman–Crippen LogP) is 5.56. The Labute approximate surface area is 129 Å². The minimum atomic E-state index is -4.28. The minimum Gasteiger partial charge on any atom is -0.376 e. The molecule has 0 fully saturated rings. The Morgan fingerprint density at radius 3 is 2.57 bits per heavy atom. The maximum absolute atomic E-state index is 12.6. The molecule has 3 rings (SSSR count). The molecule has 2 aromatic carbocycles. The van der Waals surface area contributed by atoms with Crippen LogP contribution in [0.15, 0.2) is 58.3 Å². The molecule has 1 aliphatic heterocycles. The second kappa shape index (κ2) is 5.85. The summed E-state index contributed by atoms with van der Waals surface area (Å²) in [6.45, 7) is 0. The van der Waals surface area contributed by atoms with E-state index in [0.717, 1.165) is 11.3 Å². The molecule has 0 saturated carbocycles. The summed E-state index contributed by atoms with van der Waals surface area (Å²) >= 11 is 1.65. The quantitative estimate of drug-likeness (QED) is 0.742. The number of nitrogens with one attached hydrogen (secondary N) is 1. The second-order valence-corrected chi connectivity index (χ2v) is 6.76. The molecular formula is C15H12F3NS2. The van der Waals surface area contributed by atoms with Crippen LogP contribution in [0.2, 0.25) is 0 Å². The van der Waals surface area contributed by atoms with Gasteiger partial charge in [-0.1, -0.05) is 30.3 Å². The van der Waals surface area contributed by atoms with E-state index >= 15 is 0 Å². The third kappa shape index (κ3) is 3.49. The van der Waals surface area contributed by atoms with E-state index in [2.05, 4.69) is 5.32 Å². The van der Waals surface area contributed by atoms with Gasteiger partial charge in [-0.15, -0.1) is 11.8 Å². The number of anilines is 1. The summed E-state index contributed by atoms with van der Waals surface area (Å²) in [5.74, 6) is 0.824. The minimum absolute atomic E-state index is 0.0428. The van der Waals surface area contributed by atoms with Crippen molar-refractivity contribution in [2.45, 2.75) is 21.3 Å². The highest BCUT2D eigenvalue weighted by Gasteiger charge is 2.31. The second-order valence-electron chi connectivity index (χ2n) is 4.59. The first-order valence-corrected chi connectivity index (χ1v) is 8.16. The molecule has 110 valence electrons. The predicted molar refractivity (Wildman–Crippen MR) is 81.9 cm³/mol. The zero-order valence-corrected chi connectivity index (χ0v) is 12.5. The van der Waals surface area contributed by atoms with Crippen molar-refractivity contribution in [3.63, 3.8) is 0 Å². The smallest absolute Gasteiger partial charge is 0.376 e. The summed E-state index contributed by atoms with van der Waals surface area (Å²) in [6, 6.07) is 14.6. The van der Waals surface area contributed by atoms with E-state index in [1.165, 1.54) is 11.0 Å². The highest BCUT2D eigenvalue weighted by Crippen LogP contribution is 2.44. The van der Waals surface area contributed by atoms with Crippen LogP contribution >= 0.6 is 23.5 Å². The first-order chi connectivity index (χ1) is 10.0. The van der Waals surface area contributed by atoms with Crippen LogP contribution in [0.1, 0.15) is 11.6 Å². The van der Waals surface area contributed by atoms with Gasteiger partial charge in [0, 0.05) is 21.2 Å². The molecule has 1 aliphatic rings. The topological polar surface area (TPSA) is 12.0 Å². The summed E-state index contributed by atoms with van der Waals surface area (Å²) in [5.41, 5.74) is -2.60. The summed E-state index contributed by atoms with van der Waals surface area (Å²) in [7, 11) is 0. The van der Waals surface area contributed by atoms with Gasteiger partial charge < -0.3 is 5.32 Å². The van der Waals surface area contributed by atoms with E-state index in [9.17, 15) is 13.2 Å². The van der Waals surface area contributed by atoms with Gasteiger partial charge in [-0.05, 0) is 35.5 Å². The molecule has 0 saturated heterocycles. The van der Waals surface area contributed by atoms with Crippen molar-refractivity contribution in [1.29, 1.82) is 0 Å². The van der Waals surface area contributed by atoms with E-state index < -0.39 is 5.51 Å². The third-order valence-corrected chi connectivity index (χ3v) is 5.13. The number of fused-ring (bicyclic) bond motifs is 1. The van der Waals surface area contributed by atoms with Gasteiger partial charge in [-0.2, -0.15) is 13.2 Å². The van der Waals surface area contributed by atoms with Gasteiger partial charge in [0.1, 0.15) is 0 Å². The van der Waals surface area contributed by atoms with E-state index in [0.29, 0.717) is 5.69 Å². The Hall–Kier alpha value is -1.27. The lowest BCUT2D eigenvalue weighted by atomic mass is 10.1. The Morgan fingerprint density at radius 1 is 1.05 bits per heavy atom. The van der Waals surface area contributed by atoms with Crippen LogP contribution in [-0.4, -0.2) is 11.3 Å². The molecule has 1 atom stereocenters. The van der Waals surface area contributed by atoms with Gasteiger partial charge in [0.2, 0.25) is 0 Å². The molecule has 0 spiro atoms. The normalized spacial score (nSPS) is 17.6. The number of alkyl halides is 3. The fourth-order valence-electron chi connectivity index (χ4n) is 2.27. The van der Waals surface area contributed by atoms with Gasteiger partial charge in [0.25, 0.3) is 0 Å². The van der Waals surface area contributed by atoms with Crippen molar-refractivity contribution >= 4 is 29.2 Å². The summed E-state index contributed by atoms with van der Waals surface area (Å²) < 4.78 is 37.8. The Bertz CT molecular complexity index is 643. The molecule has 0 radical (unpaired) electrons. The van der Waals surface area contributed by atoms with Crippen LogP contribution in [0.4, 0.5) is 18.9 Å². The average molecular weight is 327 g/mol. The molecule has 1 heterocycles. The van der Waals surface area contributed by atoms with Gasteiger partial charge in [0.05, 0.1) is 6.04 Å². The number of hydrogen-bond acceptors (Lipinski definition) is 3. The molecule has 2 aromatic rings. The van der Waals surface area contributed by atoms with Crippen molar-refractivity contribution in [2.75, 3.05) is 11.1 Å². The average Bonchev–Trinajstić information content (AvgIpc) is 2.83. The lowest BCUT2D eigenvalue weighted by molar-refractivity contribution is -0.0327. The molecule has 1 nitrogen and oxygen atoms in total. The van der Waals surface area contributed by atoms with E-state index in [1.807, 2.05) is 24.3 Å². The zero-order chi connectivity index (χ0) is 14.9. The van der Waals surface area contributed by atoms with Crippen molar-refractivity contribution in [1.82, 2.24) is 0 Å². The maximum Gasteiger partial charge on any atom is 0.446 e. The van der Waals surface area contributed by atoms with E-state index in [4.69, 9.17) is 0 Å². The molecule has 21 heavy (non-hydrogen) atoms. The number of benzene rings is 2. The fraction of sp³-hybridized carbons (Fsp3) is 0.200. The van der Waals surface area contributed by atoms with Crippen molar-refractivity contribution in [3.8, 4) is 0 Å². The van der Waals surface area contributed by atoms with Crippen LogP contribution in [-0.2, 0) is 0 Å². The number of rotatable bonds is 3. The van der Waals surface area contributed by atoms with E-state index in [-0.39, 0.29) is 22.7 Å². The SMILES string of the molecule is FC(F)(F)Sc1ccccc1NC1CSc2ccccc21. The standard InChI is InChI=1S/C15H12F3NS2/c16-15(17,18)21-14-8-4-2-6-11(14)19-12-9-20-13-7-3-1-5-10(12)13/h1-8,12,19H,9H2. The van der Waals surface area contributed by atoms with Crippen LogP contribution in [0.5, 0.6) is 0 Å². The van der Waals surface area contributed by atoms with Crippen LogP contribution in [0.3, 0.4) is 0 Å².